The third-order valence-electron chi connectivity index (χ3n) is 6.48. The van der Waals surface area contributed by atoms with E-state index < -0.39 is 51.8 Å². The molecule has 0 fully saturated rings. The normalized spacial score (nSPS) is 14.4. The second-order valence-corrected chi connectivity index (χ2v) is 11.9. The van der Waals surface area contributed by atoms with Crippen LogP contribution in [0.25, 0.3) is 0 Å². The van der Waals surface area contributed by atoms with Gasteiger partial charge in [0.05, 0.1) is 19.8 Å². The Labute approximate surface area is 242 Å². The Hall–Kier alpha value is -1.03. The molecule has 0 radical (unpaired) electrons. The van der Waals surface area contributed by atoms with Crippen molar-refractivity contribution >= 4 is 19.8 Å². The van der Waals surface area contributed by atoms with Crippen molar-refractivity contribution in [1.82, 2.24) is 0 Å². The van der Waals surface area contributed by atoms with Gasteiger partial charge in [0.25, 0.3) is 0 Å². The van der Waals surface area contributed by atoms with Crippen LogP contribution in [0.5, 0.6) is 0 Å². The summed E-state index contributed by atoms with van der Waals surface area (Å²) < 4.78 is 31.7. The number of carbonyl (C=O) groups is 2. The average Bonchev–Trinajstić information content (AvgIpc) is 2.93. The maximum absolute atomic E-state index is 12.1. The zero-order chi connectivity index (χ0) is 29.9. The molecule has 0 aromatic rings. The minimum absolute atomic E-state index is 0.139. The number of esters is 2. The lowest BCUT2D eigenvalue weighted by Gasteiger charge is -2.20. The summed E-state index contributed by atoms with van der Waals surface area (Å²) >= 11 is 0. The first-order valence-electron chi connectivity index (χ1n) is 15.5. The Balaban J connectivity index is 3.97. The van der Waals surface area contributed by atoms with Gasteiger partial charge in [-0.05, 0) is 12.8 Å². The van der Waals surface area contributed by atoms with Gasteiger partial charge in [0, 0.05) is 12.8 Å². The van der Waals surface area contributed by atoms with E-state index >= 15 is 0 Å². The minimum Gasteiger partial charge on any atom is -0.462 e. The van der Waals surface area contributed by atoms with Gasteiger partial charge in [0.1, 0.15) is 12.7 Å². The molecule has 0 amide bonds. The molecule has 0 spiro atoms. The lowest BCUT2D eigenvalue weighted by molar-refractivity contribution is -0.161. The monoisotopic (exact) mass is 596 g/mol. The van der Waals surface area contributed by atoms with Crippen molar-refractivity contribution in [3.05, 3.63) is 0 Å². The predicted molar refractivity (Wildman–Crippen MR) is 155 cm³/mol. The predicted octanol–water partition coefficient (Wildman–Crippen LogP) is 6.38. The summed E-state index contributed by atoms with van der Waals surface area (Å²) in [4.78, 5) is 33.7. The second-order valence-electron chi connectivity index (χ2n) is 10.5. The Kier molecular flexibility index (Phi) is 26.2. The number of hydrogen-bond acceptors (Lipinski definition) is 9. The van der Waals surface area contributed by atoms with Crippen LogP contribution in [0.1, 0.15) is 136 Å². The largest absolute Gasteiger partial charge is 0.472 e. The number of phosphoric acid groups is 1. The summed E-state index contributed by atoms with van der Waals surface area (Å²) in [6.07, 6.45) is 18.5. The molecule has 10 nitrogen and oxygen atoms in total. The highest BCUT2D eigenvalue weighted by Gasteiger charge is 2.27. The van der Waals surface area contributed by atoms with Crippen LogP contribution in [0.2, 0.25) is 0 Å². The van der Waals surface area contributed by atoms with E-state index in [4.69, 9.17) is 19.1 Å². The molecular weight excluding hydrogens is 539 g/mol. The molecule has 0 rings (SSSR count). The highest BCUT2D eigenvalue weighted by atomic mass is 31.2. The van der Waals surface area contributed by atoms with E-state index in [-0.39, 0.29) is 19.4 Å². The van der Waals surface area contributed by atoms with Crippen molar-refractivity contribution in [2.24, 2.45) is 0 Å². The van der Waals surface area contributed by atoms with Gasteiger partial charge in [-0.15, -0.1) is 0 Å². The van der Waals surface area contributed by atoms with Gasteiger partial charge in [-0.2, -0.15) is 0 Å². The fraction of sp³-hybridized carbons (Fsp3) is 0.931. The molecule has 0 aliphatic heterocycles. The van der Waals surface area contributed by atoms with Crippen molar-refractivity contribution in [3.8, 4) is 0 Å². The third-order valence-corrected chi connectivity index (χ3v) is 7.43. The molecule has 0 bridgehead atoms. The van der Waals surface area contributed by atoms with Gasteiger partial charge in [-0.25, -0.2) is 4.57 Å². The zero-order valence-corrected chi connectivity index (χ0v) is 26.0. The van der Waals surface area contributed by atoms with Crippen molar-refractivity contribution < 1.29 is 47.8 Å². The van der Waals surface area contributed by atoms with Crippen LogP contribution in [0.4, 0.5) is 0 Å². The minimum atomic E-state index is -4.57. The van der Waals surface area contributed by atoms with Crippen LogP contribution in [0.15, 0.2) is 0 Å². The number of phosphoric ester groups is 1. The molecule has 238 valence electrons. The topological polar surface area (TPSA) is 149 Å². The third kappa shape index (κ3) is 25.9. The van der Waals surface area contributed by atoms with E-state index in [0.717, 1.165) is 19.3 Å². The molecule has 0 heterocycles. The van der Waals surface area contributed by atoms with E-state index in [1.165, 1.54) is 77.0 Å². The molecule has 0 aliphatic rings. The molecular formula is C29H57O10P. The molecule has 0 saturated heterocycles. The maximum atomic E-state index is 12.1. The highest BCUT2D eigenvalue weighted by molar-refractivity contribution is 7.47. The molecule has 40 heavy (non-hydrogen) atoms. The molecule has 3 N–H and O–H groups in total. The van der Waals surface area contributed by atoms with Gasteiger partial charge in [0.15, 0.2) is 6.10 Å². The van der Waals surface area contributed by atoms with Gasteiger partial charge < -0.3 is 24.6 Å². The number of aliphatic hydroxyl groups excluding tert-OH is 2. The average molecular weight is 597 g/mol. The Morgan fingerprint density at radius 2 is 1.12 bits per heavy atom. The van der Waals surface area contributed by atoms with E-state index in [2.05, 4.69) is 11.4 Å². The molecule has 0 saturated carbocycles. The number of aliphatic hydroxyl groups is 2. The van der Waals surface area contributed by atoms with E-state index in [1.807, 2.05) is 0 Å². The van der Waals surface area contributed by atoms with Crippen molar-refractivity contribution in [2.45, 2.75) is 148 Å². The molecule has 1 unspecified atom stereocenters. The molecule has 0 aromatic heterocycles. The highest BCUT2D eigenvalue weighted by Crippen LogP contribution is 2.43. The Morgan fingerprint density at radius 3 is 1.60 bits per heavy atom. The van der Waals surface area contributed by atoms with Gasteiger partial charge in [-0.1, -0.05) is 110 Å². The summed E-state index contributed by atoms with van der Waals surface area (Å²) in [6.45, 7) is 1.94. The summed E-state index contributed by atoms with van der Waals surface area (Å²) in [7, 11) is -4.57. The van der Waals surface area contributed by atoms with Gasteiger partial charge >= 0.3 is 19.8 Å². The molecule has 0 aromatic carbocycles. The lowest BCUT2D eigenvalue weighted by atomic mass is 10.0. The quantitative estimate of drug-likeness (QED) is 0.0504. The first-order valence-corrected chi connectivity index (χ1v) is 17.0. The van der Waals surface area contributed by atoms with Crippen molar-refractivity contribution in [3.63, 3.8) is 0 Å². The number of unbranched alkanes of at least 4 members (excludes halogenated alkanes) is 15. The maximum Gasteiger partial charge on any atom is 0.472 e. The molecule has 0 aliphatic carbocycles. The smallest absolute Gasteiger partial charge is 0.462 e. The second kappa shape index (κ2) is 26.8. The van der Waals surface area contributed by atoms with Crippen LogP contribution >= 0.6 is 7.82 Å². The lowest BCUT2D eigenvalue weighted by Crippen LogP contribution is -2.29. The van der Waals surface area contributed by atoms with E-state index in [0.29, 0.717) is 12.8 Å². The zero-order valence-electron chi connectivity index (χ0n) is 25.1. The Morgan fingerprint density at radius 1 is 0.650 bits per heavy atom. The fourth-order valence-electron chi connectivity index (χ4n) is 4.09. The van der Waals surface area contributed by atoms with Crippen LogP contribution in [0.3, 0.4) is 0 Å². The number of hydrogen-bond donors (Lipinski definition) is 3. The number of ether oxygens (including phenoxy) is 2. The van der Waals surface area contributed by atoms with Crippen molar-refractivity contribution in [1.29, 1.82) is 0 Å². The van der Waals surface area contributed by atoms with E-state index in [1.54, 1.807) is 6.92 Å². The number of rotatable bonds is 29. The standard InChI is InChI=1S/C29H57O10P/c1-3-5-6-7-8-9-10-11-12-13-14-15-16-17-18-19-21-28(32)36-24-27(39-29(33)20-4-2)25-38-40(34,35)37-23-26(31)22-30/h26-27,30-31H,3-25H2,1-2H3,(H,34,35)/t26-,27+/m0/s1. The van der Waals surface area contributed by atoms with Gasteiger partial charge in [-0.3, -0.25) is 18.6 Å². The van der Waals surface area contributed by atoms with Crippen LogP contribution in [0, 0.1) is 0 Å². The SMILES string of the molecule is CCCCCCCCCCCCCCCCCCC(=O)OC[C@H](COP(=O)(O)OC[C@@H](O)CO)OC(=O)CCC. The summed E-state index contributed by atoms with van der Waals surface area (Å²) in [5.41, 5.74) is 0. The van der Waals surface area contributed by atoms with Crippen LogP contribution in [-0.4, -0.2) is 65.7 Å². The number of carbonyl (C=O) groups excluding carboxylic acids is 2. The van der Waals surface area contributed by atoms with Crippen molar-refractivity contribution in [2.75, 3.05) is 26.4 Å². The molecule has 11 heteroatoms. The van der Waals surface area contributed by atoms with Crippen LogP contribution < -0.4 is 0 Å². The summed E-state index contributed by atoms with van der Waals surface area (Å²) in [5.74, 6) is -0.981. The van der Waals surface area contributed by atoms with Gasteiger partial charge in [0.2, 0.25) is 0 Å². The van der Waals surface area contributed by atoms with E-state index in [9.17, 15) is 24.2 Å². The first kappa shape index (κ1) is 39.0. The summed E-state index contributed by atoms with van der Waals surface area (Å²) in [6, 6.07) is 0. The Bertz CT molecular complexity index is 661. The molecule has 3 atom stereocenters. The fourth-order valence-corrected chi connectivity index (χ4v) is 4.88. The first-order chi connectivity index (χ1) is 19.2. The van der Waals surface area contributed by atoms with Crippen LogP contribution in [-0.2, 0) is 32.7 Å². The summed E-state index contributed by atoms with van der Waals surface area (Å²) in [5, 5.41) is 18.0.